The van der Waals surface area contributed by atoms with E-state index in [9.17, 15) is 4.79 Å². The third kappa shape index (κ3) is 3.10. The first-order valence-electron chi connectivity index (χ1n) is 7.66. The van der Waals surface area contributed by atoms with Gasteiger partial charge in [0.05, 0.1) is 12.8 Å². The Balaban J connectivity index is 1.89. The second-order valence-corrected chi connectivity index (χ2v) is 6.15. The summed E-state index contributed by atoms with van der Waals surface area (Å²) in [4.78, 5) is 16.3. The van der Waals surface area contributed by atoms with E-state index in [0.29, 0.717) is 35.6 Å². The standard InChI is InChI=1S/C16H20ClN3O2/c1-3-22-16(21)13-6-11(7-18-10(2)12-4-5-12)9-20-14(17)8-19-15(13)20/h6,8-10,12,18H,3-5,7H2,1-2H3/t10-/m0/s1. The predicted octanol–water partition coefficient (Wildman–Crippen LogP) is 3.05. The molecule has 1 saturated carbocycles. The smallest absolute Gasteiger partial charge is 0.341 e. The molecule has 0 unspecified atom stereocenters. The molecule has 2 aromatic rings. The lowest BCUT2D eigenvalue weighted by atomic mass is 10.1. The average Bonchev–Trinajstić information content (AvgIpc) is 3.29. The summed E-state index contributed by atoms with van der Waals surface area (Å²) >= 11 is 6.15. The number of carbonyl (C=O) groups is 1. The third-order valence-electron chi connectivity index (χ3n) is 4.07. The zero-order valence-electron chi connectivity index (χ0n) is 12.8. The van der Waals surface area contributed by atoms with Gasteiger partial charge in [0.1, 0.15) is 10.7 Å². The Morgan fingerprint density at radius 1 is 1.59 bits per heavy atom. The molecule has 3 rings (SSSR count). The summed E-state index contributed by atoms with van der Waals surface area (Å²) in [5.74, 6) is 0.414. The van der Waals surface area contributed by atoms with E-state index in [1.165, 1.54) is 12.8 Å². The van der Waals surface area contributed by atoms with E-state index in [2.05, 4.69) is 17.2 Å². The van der Waals surface area contributed by atoms with Gasteiger partial charge in [-0.25, -0.2) is 9.78 Å². The normalized spacial score (nSPS) is 16.0. The molecule has 6 heteroatoms. The molecular formula is C16H20ClN3O2. The fourth-order valence-corrected chi connectivity index (χ4v) is 2.79. The first kappa shape index (κ1) is 15.3. The van der Waals surface area contributed by atoms with Crippen LogP contribution in [0.15, 0.2) is 18.5 Å². The maximum absolute atomic E-state index is 12.1. The molecule has 1 aliphatic carbocycles. The van der Waals surface area contributed by atoms with Gasteiger partial charge in [0, 0.05) is 18.8 Å². The minimum Gasteiger partial charge on any atom is -0.462 e. The highest BCUT2D eigenvalue weighted by Gasteiger charge is 2.27. The van der Waals surface area contributed by atoms with Crippen LogP contribution in [0, 0.1) is 5.92 Å². The molecule has 0 aliphatic heterocycles. The van der Waals surface area contributed by atoms with E-state index in [-0.39, 0.29) is 5.97 Å². The van der Waals surface area contributed by atoms with Crippen molar-refractivity contribution in [2.75, 3.05) is 6.61 Å². The number of aromatic nitrogens is 2. The Kier molecular flexibility index (Phi) is 4.36. The lowest BCUT2D eigenvalue weighted by Crippen LogP contribution is -2.27. The zero-order chi connectivity index (χ0) is 15.7. The fraction of sp³-hybridized carbons (Fsp3) is 0.500. The number of halogens is 1. The number of hydrogen-bond donors (Lipinski definition) is 1. The topological polar surface area (TPSA) is 55.6 Å². The molecular weight excluding hydrogens is 302 g/mol. The van der Waals surface area contributed by atoms with E-state index in [4.69, 9.17) is 16.3 Å². The highest BCUT2D eigenvalue weighted by atomic mass is 35.5. The number of imidazole rings is 1. The quantitative estimate of drug-likeness (QED) is 0.831. The number of nitrogens with one attached hydrogen (secondary N) is 1. The highest BCUT2D eigenvalue weighted by Crippen LogP contribution is 2.32. The van der Waals surface area contributed by atoms with Crippen LogP contribution < -0.4 is 5.32 Å². The van der Waals surface area contributed by atoms with Gasteiger partial charge in [-0.15, -0.1) is 0 Å². The van der Waals surface area contributed by atoms with Crippen LogP contribution in [0.4, 0.5) is 0 Å². The Bertz CT molecular complexity index is 694. The SMILES string of the molecule is CCOC(=O)c1cc(CN[C@@H](C)C2CC2)cn2c(Cl)cnc12. The molecule has 0 amide bonds. The largest absolute Gasteiger partial charge is 0.462 e. The number of pyridine rings is 1. The van der Waals surface area contributed by atoms with Crippen molar-refractivity contribution < 1.29 is 9.53 Å². The Hall–Kier alpha value is -1.59. The summed E-state index contributed by atoms with van der Waals surface area (Å²) < 4.78 is 6.85. The molecule has 0 spiro atoms. The van der Waals surface area contributed by atoms with E-state index in [0.717, 1.165) is 11.5 Å². The summed E-state index contributed by atoms with van der Waals surface area (Å²) in [5, 5.41) is 3.99. The van der Waals surface area contributed by atoms with Gasteiger partial charge in [-0.1, -0.05) is 11.6 Å². The maximum Gasteiger partial charge on any atom is 0.341 e. The molecule has 5 nitrogen and oxygen atoms in total. The van der Waals surface area contributed by atoms with Gasteiger partial charge in [-0.05, 0) is 44.2 Å². The number of esters is 1. The molecule has 22 heavy (non-hydrogen) atoms. The molecule has 0 radical (unpaired) electrons. The van der Waals surface area contributed by atoms with Crippen LogP contribution in [0.25, 0.3) is 5.65 Å². The third-order valence-corrected chi connectivity index (χ3v) is 4.35. The van der Waals surface area contributed by atoms with Crippen LogP contribution in [0.1, 0.15) is 42.6 Å². The number of hydrogen-bond acceptors (Lipinski definition) is 4. The van der Waals surface area contributed by atoms with Crippen molar-refractivity contribution in [2.45, 2.75) is 39.3 Å². The van der Waals surface area contributed by atoms with Gasteiger partial charge < -0.3 is 10.1 Å². The number of nitrogens with zero attached hydrogens (tertiary/aromatic N) is 2. The minimum atomic E-state index is -0.369. The second kappa shape index (κ2) is 6.26. The van der Waals surface area contributed by atoms with Gasteiger partial charge in [0.25, 0.3) is 0 Å². The minimum absolute atomic E-state index is 0.334. The van der Waals surface area contributed by atoms with Crippen molar-refractivity contribution in [2.24, 2.45) is 5.92 Å². The van der Waals surface area contributed by atoms with E-state index in [1.54, 1.807) is 17.5 Å². The zero-order valence-corrected chi connectivity index (χ0v) is 13.6. The molecule has 1 aliphatic rings. The van der Waals surface area contributed by atoms with Crippen molar-refractivity contribution in [1.82, 2.24) is 14.7 Å². The Morgan fingerprint density at radius 2 is 2.36 bits per heavy atom. The molecule has 2 aromatic heterocycles. The van der Waals surface area contributed by atoms with Gasteiger partial charge in [0.2, 0.25) is 0 Å². The fourth-order valence-electron chi connectivity index (χ4n) is 2.61. The first-order valence-corrected chi connectivity index (χ1v) is 8.04. The number of rotatable bonds is 6. The van der Waals surface area contributed by atoms with Gasteiger partial charge in [-0.3, -0.25) is 4.40 Å². The van der Waals surface area contributed by atoms with Crippen LogP contribution in [0.3, 0.4) is 0 Å². The number of fused-ring (bicyclic) bond motifs is 1. The molecule has 1 N–H and O–H groups in total. The summed E-state index contributed by atoms with van der Waals surface area (Å²) in [7, 11) is 0. The van der Waals surface area contributed by atoms with Crippen molar-refractivity contribution in [3.8, 4) is 0 Å². The predicted molar refractivity (Wildman–Crippen MR) is 85.2 cm³/mol. The van der Waals surface area contributed by atoms with Crippen molar-refractivity contribution in [1.29, 1.82) is 0 Å². The molecule has 0 bridgehead atoms. The second-order valence-electron chi connectivity index (χ2n) is 5.76. The number of carbonyl (C=O) groups excluding carboxylic acids is 1. The average molecular weight is 322 g/mol. The van der Waals surface area contributed by atoms with Crippen molar-refractivity contribution in [3.63, 3.8) is 0 Å². The highest BCUT2D eigenvalue weighted by molar-refractivity contribution is 6.29. The monoisotopic (exact) mass is 321 g/mol. The van der Waals surface area contributed by atoms with Crippen molar-refractivity contribution >= 4 is 23.2 Å². The maximum atomic E-state index is 12.1. The summed E-state index contributed by atoms with van der Waals surface area (Å²) in [6.45, 7) is 5.01. The molecule has 2 heterocycles. The van der Waals surface area contributed by atoms with E-state index < -0.39 is 0 Å². The van der Waals surface area contributed by atoms with Crippen LogP contribution >= 0.6 is 11.6 Å². The molecule has 118 valence electrons. The molecule has 1 fully saturated rings. The van der Waals surface area contributed by atoms with E-state index >= 15 is 0 Å². The number of ether oxygens (including phenoxy) is 1. The van der Waals surface area contributed by atoms with Crippen LogP contribution in [0.2, 0.25) is 5.15 Å². The van der Waals surface area contributed by atoms with E-state index in [1.807, 2.05) is 12.3 Å². The van der Waals surface area contributed by atoms with Crippen LogP contribution in [-0.2, 0) is 11.3 Å². The van der Waals surface area contributed by atoms with Crippen LogP contribution in [0.5, 0.6) is 0 Å². The summed E-state index contributed by atoms with van der Waals surface area (Å²) in [6.07, 6.45) is 6.06. The molecule has 0 aromatic carbocycles. The van der Waals surface area contributed by atoms with Gasteiger partial charge >= 0.3 is 5.97 Å². The Morgan fingerprint density at radius 3 is 3.05 bits per heavy atom. The summed E-state index contributed by atoms with van der Waals surface area (Å²) in [5.41, 5.74) is 1.97. The lowest BCUT2D eigenvalue weighted by Gasteiger charge is -2.14. The molecule has 0 saturated heterocycles. The molecule has 1 atom stereocenters. The lowest BCUT2D eigenvalue weighted by molar-refractivity contribution is 0.0528. The van der Waals surface area contributed by atoms with Crippen molar-refractivity contribution in [3.05, 3.63) is 34.7 Å². The first-order chi connectivity index (χ1) is 10.6. The Labute approximate surface area is 134 Å². The van der Waals surface area contributed by atoms with Gasteiger partial charge in [0.15, 0.2) is 5.65 Å². The summed E-state index contributed by atoms with van der Waals surface area (Å²) in [6, 6.07) is 2.32. The van der Waals surface area contributed by atoms with Gasteiger partial charge in [-0.2, -0.15) is 0 Å². The van der Waals surface area contributed by atoms with Crippen LogP contribution in [-0.4, -0.2) is 28.0 Å².